The average molecular weight is 256 g/mol. The third-order valence-corrected chi connectivity index (χ3v) is 2.74. The van der Waals surface area contributed by atoms with E-state index >= 15 is 0 Å². The minimum atomic E-state index is -0.728. The number of hydrogen-bond donors (Lipinski definition) is 0. The lowest BCUT2D eigenvalue weighted by atomic mass is 9.99. The van der Waals surface area contributed by atoms with E-state index in [4.69, 9.17) is 16.3 Å². The molecule has 1 aliphatic rings. The van der Waals surface area contributed by atoms with Crippen molar-refractivity contribution in [1.82, 2.24) is 4.98 Å². The van der Waals surface area contributed by atoms with Gasteiger partial charge >= 0.3 is 0 Å². The van der Waals surface area contributed by atoms with Crippen molar-refractivity contribution >= 4 is 17.5 Å². The fraction of sp³-hybridized carbons (Fsp3) is 0.400. The summed E-state index contributed by atoms with van der Waals surface area (Å²) in [7, 11) is 0. The van der Waals surface area contributed by atoms with E-state index in [1.165, 1.54) is 0 Å². The molecule has 2 heterocycles. The number of halogens is 1. The molecule has 7 heteroatoms. The minimum absolute atomic E-state index is 0.0524. The quantitative estimate of drug-likeness (QED) is 0.469. The van der Waals surface area contributed by atoms with Gasteiger partial charge in [-0.05, 0) is 24.5 Å². The van der Waals surface area contributed by atoms with Crippen LogP contribution in [0.1, 0.15) is 12.0 Å². The van der Waals surface area contributed by atoms with Crippen LogP contribution in [0.15, 0.2) is 23.4 Å². The van der Waals surface area contributed by atoms with Crippen molar-refractivity contribution in [3.63, 3.8) is 0 Å². The Morgan fingerprint density at radius 2 is 2.47 bits per heavy atom. The van der Waals surface area contributed by atoms with Crippen LogP contribution in [0, 0.1) is 16.0 Å². The van der Waals surface area contributed by atoms with Crippen LogP contribution in [-0.4, -0.2) is 22.5 Å². The van der Waals surface area contributed by atoms with Crippen molar-refractivity contribution in [2.24, 2.45) is 11.0 Å². The highest BCUT2D eigenvalue weighted by Gasteiger charge is 2.27. The van der Waals surface area contributed by atoms with Crippen LogP contribution in [0.25, 0.3) is 0 Å². The number of nitro groups is 1. The molecular formula is C10H10ClN3O3. The number of hydrazone groups is 1. The van der Waals surface area contributed by atoms with E-state index in [0.717, 1.165) is 12.0 Å². The van der Waals surface area contributed by atoms with E-state index in [1.54, 1.807) is 12.3 Å². The Labute approximate surface area is 102 Å². The molecule has 1 aliphatic heterocycles. The Bertz CT molecular complexity index is 447. The second-order valence-corrected chi connectivity index (χ2v) is 4.09. The van der Waals surface area contributed by atoms with Crippen molar-refractivity contribution in [2.75, 3.05) is 6.61 Å². The lowest BCUT2D eigenvalue weighted by molar-refractivity contribution is -0.486. The molecule has 1 saturated heterocycles. The van der Waals surface area contributed by atoms with E-state index in [0.29, 0.717) is 18.2 Å². The largest absolute Gasteiger partial charge is 0.476 e. The van der Waals surface area contributed by atoms with Gasteiger partial charge in [0.1, 0.15) is 5.15 Å². The molecule has 2 rings (SSSR count). The van der Waals surface area contributed by atoms with Crippen LogP contribution in [0.3, 0.4) is 0 Å². The summed E-state index contributed by atoms with van der Waals surface area (Å²) in [4.78, 5) is 14.3. The highest BCUT2D eigenvalue weighted by Crippen LogP contribution is 2.21. The maximum absolute atomic E-state index is 10.3. The molecule has 1 unspecified atom stereocenters. The summed E-state index contributed by atoms with van der Waals surface area (Å²) >= 11 is 5.68. The Morgan fingerprint density at radius 3 is 3.12 bits per heavy atom. The van der Waals surface area contributed by atoms with Crippen molar-refractivity contribution in [3.05, 3.63) is 39.2 Å². The molecule has 0 spiro atoms. The summed E-state index contributed by atoms with van der Waals surface area (Å²) in [5.74, 6) is 0.147. The fourth-order valence-electron chi connectivity index (χ4n) is 1.74. The van der Waals surface area contributed by atoms with Crippen LogP contribution in [-0.2, 0) is 11.2 Å². The Hall–Kier alpha value is -1.69. The molecule has 1 aromatic rings. The molecule has 0 aliphatic carbocycles. The third-order valence-electron chi connectivity index (χ3n) is 2.52. The van der Waals surface area contributed by atoms with Gasteiger partial charge in [0.05, 0.1) is 11.7 Å². The standard InChI is InChI=1S/C10H10ClN3O3/c11-9-2-1-7(6-12-9)5-8-3-4-17-10(8)13-14(15)16/h1-2,6,8H,3-5H2/b13-10-. The Balaban J connectivity index is 2.07. The normalized spacial score (nSPS) is 21.5. The van der Waals surface area contributed by atoms with Gasteiger partial charge in [0.15, 0.2) is 5.03 Å². The smallest absolute Gasteiger partial charge is 0.264 e. The summed E-state index contributed by atoms with van der Waals surface area (Å²) in [6.45, 7) is 0.471. The monoisotopic (exact) mass is 255 g/mol. The molecule has 6 nitrogen and oxygen atoms in total. The number of hydrogen-bond acceptors (Lipinski definition) is 4. The fourth-order valence-corrected chi connectivity index (χ4v) is 1.85. The zero-order chi connectivity index (χ0) is 12.3. The maximum Gasteiger partial charge on any atom is 0.264 e. The summed E-state index contributed by atoms with van der Waals surface area (Å²) < 4.78 is 5.13. The van der Waals surface area contributed by atoms with Crippen LogP contribution >= 0.6 is 11.6 Å². The SMILES string of the molecule is O=[N+]([O-])/N=C1\OCCC1Cc1ccc(Cl)nc1. The second-order valence-electron chi connectivity index (χ2n) is 3.70. The number of rotatable bonds is 3. The van der Waals surface area contributed by atoms with Gasteiger partial charge in [0.25, 0.3) is 5.90 Å². The predicted molar refractivity (Wildman–Crippen MR) is 61.4 cm³/mol. The Kier molecular flexibility index (Phi) is 3.53. The van der Waals surface area contributed by atoms with E-state index in [2.05, 4.69) is 10.1 Å². The van der Waals surface area contributed by atoms with Gasteiger partial charge in [-0.3, -0.25) is 0 Å². The molecule has 1 atom stereocenters. The van der Waals surface area contributed by atoms with Gasteiger partial charge in [0.2, 0.25) is 0 Å². The van der Waals surface area contributed by atoms with Crippen LogP contribution < -0.4 is 0 Å². The molecule has 0 N–H and O–H groups in total. The molecule has 0 saturated carbocycles. The van der Waals surface area contributed by atoms with Crippen molar-refractivity contribution in [1.29, 1.82) is 0 Å². The topological polar surface area (TPSA) is 77.6 Å². The van der Waals surface area contributed by atoms with Crippen LogP contribution in [0.2, 0.25) is 5.15 Å². The van der Waals surface area contributed by atoms with Gasteiger partial charge < -0.3 is 4.74 Å². The summed E-state index contributed by atoms with van der Waals surface area (Å²) in [6, 6.07) is 3.54. The highest BCUT2D eigenvalue weighted by molar-refractivity contribution is 6.29. The lowest BCUT2D eigenvalue weighted by Crippen LogP contribution is -2.13. The van der Waals surface area contributed by atoms with Crippen molar-refractivity contribution in [2.45, 2.75) is 12.8 Å². The van der Waals surface area contributed by atoms with Gasteiger partial charge in [-0.2, -0.15) is 0 Å². The first-order chi connectivity index (χ1) is 8.15. The van der Waals surface area contributed by atoms with E-state index in [9.17, 15) is 10.1 Å². The van der Waals surface area contributed by atoms with Gasteiger partial charge in [-0.15, -0.1) is 0 Å². The van der Waals surface area contributed by atoms with E-state index in [1.807, 2.05) is 6.07 Å². The first-order valence-electron chi connectivity index (χ1n) is 5.11. The van der Waals surface area contributed by atoms with Crippen molar-refractivity contribution in [3.8, 4) is 0 Å². The average Bonchev–Trinajstić information content (AvgIpc) is 2.68. The second kappa shape index (κ2) is 5.09. The van der Waals surface area contributed by atoms with E-state index < -0.39 is 5.03 Å². The molecule has 0 bridgehead atoms. The number of aromatic nitrogens is 1. The molecule has 17 heavy (non-hydrogen) atoms. The molecule has 0 amide bonds. The zero-order valence-corrected chi connectivity index (χ0v) is 9.63. The minimum Gasteiger partial charge on any atom is -0.476 e. The molecule has 1 fully saturated rings. The lowest BCUT2D eigenvalue weighted by Gasteiger charge is -2.06. The zero-order valence-electron chi connectivity index (χ0n) is 8.88. The van der Waals surface area contributed by atoms with E-state index in [-0.39, 0.29) is 11.8 Å². The predicted octanol–water partition coefficient (Wildman–Crippen LogP) is 1.90. The number of nitrogens with zero attached hydrogens (tertiary/aromatic N) is 3. The summed E-state index contributed by atoms with van der Waals surface area (Å²) in [6.07, 6.45) is 3.01. The first kappa shape index (κ1) is 11.8. The number of ether oxygens (including phenoxy) is 1. The summed E-state index contributed by atoms with van der Waals surface area (Å²) in [5, 5.41) is 13.2. The van der Waals surface area contributed by atoms with Crippen LogP contribution in [0.5, 0.6) is 0 Å². The third kappa shape index (κ3) is 3.13. The molecular weight excluding hydrogens is 246 g/mol. The first-order valence-corrected chi connectivity index (χ1v) is 5.49. The molecule has 0 aromatic carbocycles. The Morgan fingerprint density at radius 1 is 1.65 bits per heavy atom. The highest BCUT2D eigenvalue weighted by atomic mass is 35.5. The number of pyridine rings is 1. The van der Waals surface area contributed by atoms with Crippen LogP contribution in [0.4, 0.5) is 0 Å². The summed E-state index contributed by atoms with van der Waals surface area (Å²) in [5.41, 5.74) is 0.959. The molecule has 1 aromatic heterocycles. The maximum atomic E-state index is 10.3. The van der Waals surface area contributed by atoms with Gasteiger partial charge in [-0.1, -0.05) is 17.7 Å². The molecule has 0 radical (unpaired) electrons. The molecule has 90 valence electrons. The van der Waals surface area contributed by atoms with Crippen molar-refractivity contribution < 1.29 is 9.77 Å². The van der Waals surface area contributed by atoms with Gasteiger partial charge in [-0.25, -0.2) is 15.1 Å². The van der Waals surface area contributed by atoms with Gasteiger partial charge in [0, 0.05) is 12.1 Å².